The number of nitrogens with zero attached hydrogens (tertiary/aromatic N) is 2. The summed E-state index contributed by atoms with van der Waals surface area (Å²) in [5.74, 6) is -0.348. The molecule has 0 radical (unpaired) electrons. The standard InChI is InChI=1S/C6H7BrN4O2/c1-11-4(12)6(7)3(8-2-9-6)10-5(11)13/h2-3H,1H3,(H,8,9)(H,10,13). The lowest BCUT2D eigenvalue weighted by Crippen LogP contribution is -2.68. The molecule has 0 aromatic carbocycles. The maximum Gasteiger partial charge on any atom is 0.325 e. The van der Waals surface area contributed by atoms with Crippen LogP contribution in [0.2, 0.25) is 0 Å². The number of likely N-dealkylation sites (N-methyl/N-ethyl adjacent to an activating group) is 1. The average Bonchev–Trinajstić information content (AvgIpc) is 2.45. The maximum atomic E-state index is 11.6. The van der Waals surface area contributed by atoms with Gasteiger partial charge in [-0.1, -0.05) is 0 Å². The van der Waals surface area contributed by atoms with Crippen LogP contribution in [-0.2, 0) is 4.79 Å². The number of carbonyl (C=O) groups excluding carboxylic acids is 2. The van der Waals surface area contributed by atoms with Crippen molar-refractivity contribution in [2.45, 2.75) is 10.6 Å². The third-order valence-electron chi connectivity index (χ3n) is 2.06. The minimum atomic E-state index is -1.00. The van der Waals surface area contributed by atoms with Gasteiger partial charge in [-0.25, -0.2) is 9.79 Å². The summed E-state index contributed by atoms with van der Waals surface area (Å²) < 4.78 is -1.00. The fourth-order valence-corrected chi connectivity index (χ4v) is 1.85. The Hall–Kier alpha value is -1.11. The molecule has 70 valence electrons. The first kappa shape index (κ1) is 8.49. The molecule has 0 aliphatic carbocycles. The van der Waals surface area contributed by atoms with Crippen LogP contribution in [0.5, 0.6) is 0 Å². The minimum Gasteiger partial charge on any atom is -0.350 e. The summed E-state index contributed by atoms with van der Waals surface area (Å²) in [4.78, 5) is 27.7. The van der Waals surface area contributed by atoms with Crippen LogP contribution in [0.25, 0.3) is 0 Å². The molecule has 6 nitrogen and oxygen atoms in total. The third-order valence-corrected chi connectivity index (χ3v) is 3.06. The summed E-state index contributed by atoms with van der Waals surface area (Å²) in [6.45, 7) is 0. The summed E-state index contributed by atoms with van der Waals surface area (Å²) in [5.41, 5.74) is 0. The molecule has 2 unspecified atom stereocenters. The second kappa shape index (κ2) is 2.44. The number of alkyl halides is 1. The first-order chi connectivity index (χ1) is 6.05. The van der Waals surface area contributed by atoms with E-state index in [-0.39, 0.29) is 5.91 Å². The van der Waals surface area contributed by atoms with Crippen molar-refractivity contribution in [1.29, 1.82) is 0 Å². The molecule has 1 fully saturated rings. The first-order valence-electron chi connectivity index (χ1n) is 3.62. The Labute approximate surface area is 82.5 Å². The van der Waals surface area contributed by atoms with Crippen LogP contribution in [0.3, 0.4) is 0 Å². The van der Waals surface area contributed by atoms with Gasteiger partial charge in [0.1, 0.15) is 0 Å². The maximum absolute atomic E-state index is 11.6. The average molecular weight is 247 g/mol. The van der Waals surface area contributed by atoms with Crippen molar-refractivity contribution in [2.75, 3.05) is 7.05 Å². The van der Waals surface area contributed by atoms with Gasteiger partial charge in [0.25, 0.3) is 5.91 Å². The van der Waals surface area contributed by atoms with E-state index in [1.165, 1.54) is 13.4 Å². The van der Waals surface area contributed by atoms with Gasteiger partial charge in [0, 0.05) is 7.05 Å². The lowest BCUT2D eigenvalue weighted by atomic mass is 10.2. The molecule has 0 spiro atoms. The Bertz CT molecular complexity index is 318. The zero-order chi connectivity index (χ0) is 9.64. The molecule has 2 atom stereocenters. The molecule has 0 aromatic rings. The van der Waals surface area contributed by atoms with Gasteiger partial charge in [-0.05, 0) is 15.9 Å². The largest absolute Gasteiger partial charge is 0.350 e. The molecular formula is C6H7BrN4O2. The predicted octanol–water partition coefficient (Wildman–Crippen LogP) is -0.783. The Morgan fingerprint density at radius 2 is 2.38 bits per heavy atom. The molecule has 13 heavy (non-hydrogen) atoms. The highest BCUT2D eigenvalue weighted by Gasteiger charge is 2.53. The molecule has 2 rings (SSSR count). The Kier molecular flexibility index (Phi) is 1.59. The van der Waals surface area contributed by atoms with Crippen LogP contribution in [0.15, 0.2) is 4.99 Å². The van der Waals surface area contributed by atoms with Crippen LogP contribution in [0.4, 0.5) is 4.79 Å². The quantitative estimate of drug-likeness (QED) is 0.435. The number of urea groups is 1. The zero-order valence-corrected chi connectivity index (χ0v) is 8.33. The fourth-order valence-electron chi connectivity index (χ4n) is 1.25. The van der Waals surface area contributed by atoms with Crippen molar-refractivity contribution in [2.24, 2.45) is 4.99 Å². The lowest BCUT2D eigenvalue weighted by Gasteiger charge is -2.36. The number of hydrogen-bond donors (Lipinski definition) is 2. The van der Waals surface area contributed by atoms with Crippen molar-refractivity contribution < 1.29 is 9.59 Å². The SMILES string of the molecule is CN1C(=O)NC2N=CNC2(Br)C1=O. The molecule has 0 bridgehead atoms. The van der Waals surface area contributed by atoms with E-state index in [4.69, 9.17) is 0 Å². The van der Waals surface area contributed by atoms with Gasteiger partial charge in [0.05, 0.1) is 6.34 Å². The Morgan fingerprint density at radius 3 is 3.08 bits per heavy atom. The molecule has 2 N–H and O–H groups in total. The highest BCUT2D eigenvalue weighted by Crippen LogP contribution is 2.28. The number of nitrogens with one attached hydrogen (secondary N) is 2. The van der Waals surface area contributed by atoms with Crippen molar-refractivity contribution >= 4 is 34.2 Å². The number of halogens is 1. The molecule has 7 heteroatoms. The minimum absolute atomic E-state index is 0.348. The van der Waals surface area contributed by atoms with Crippen molar-refractivity contribution in [3.05, 3.63) is 0 Å². The molecule has 0 saturated carbocycles. The van der Waals surface area contributed by atoms with Crippen LogP contribution < -0.4 is 10.6 Å². The molecule has 2 heterocycles. The van der Waals surface area contributed by atoms with E-state index < -0.39 is 16.6 Å². The lowest BCUT2D eigenvalue weighted by molar-refractivity contribution is -0.131. The van der Waals surface area contributed by atoms with Gasteiger partial charge in [0.2, 0.25) is 4.45 Å². The number of fused-ring (bicyclic) bond motifs is 1. The molecule has 2 aliphatic heterocycles. The Balaban J connectivity index is 2.36. The third kappa shape index (κ3) is 0.963. The number of imide groups is 1. The fraction of sp³-hybridized carbons (Fsp3) is 0.500. The zero-order valence-electron chi connectivity index (χ0n) is 6.74. The second-order valence-electron chi connectivity index (χ2n) is 2.85. The molecular weight excluding hydrogens is 240 g/mol. The highest BCUT2D eigenvalue weighted by molar-refractivity contribution is 9.10. The van der Waals surface area contributed by atoms with E-state index in [1.807, 2.05) is 0 Å². The number of rotatable bonds is 0. The second-order valence-corrected chi connectivity index (χ2v) is 4.10. The van der Waals surface area contributed by atoms with Crippen molar-refractivity contribution in [3.63, 3.8) is 0 Å². The summed E-state index contributed by atoms with van der Waals surface area (Å²) >= 11 is 3.21. The van der Waals surface area contributed by atoms with Gasteiger partial charge in [-0.15, -0.1) is 0 Å². The summed E-state index contributed by atoms with van der Waals surface area (Å²) in [6, 6.07) is -0.439. The van der Waals surface area contributed by atoms with E-state index in [9.17, 15) is 9.59 Å². The predicted molar refractivity (Wildman–Crippen MR) is 48.4 cm³/mol. The summed E-state index contributed by atoms with van der Waals surface area (Å²) in [5, 5.41) is 5.31. The van der Waals surface area contributed by atoms with Gasteiger partial charge in [-0.2, -0.15) is 0 Å². The van der Waals surface area contributed by atoms with E-state index in [2.05, 4.69) is 31.6 Å². The van der Waals surface area contributed by atoms with Gasteiger partial charge in [0.15, 0.2) is 6.17 Å². The smallest absolute Gasteiger partial charge is 0.325 e. The van der Waals surface area contributed by atoms with Crippen molar-refractivity contribution in [1.82, 2.24) is 15.5 Å². The van der Waals surface area contributed by atoms with E-state index in [1.54, 1.807) is 0 Å². The molecule has 0 aromatic heterocycles. The first-order valence-corrected chi connectivity index (χ1v) is 4.42. The van der Waals surface area contributed by atoms with Crippen LogP contribution >= 0.6 is 15.9 Å². The van der Waals surface area contributed by atoms with Crippen LogP contribution in [0, 0.1) is 0 Å². The summed E-state index contributed by atoms with van der Waals surface area (Å²) in [7, 11) is 1.41. The number of amides is 3. The van der Waals surface area contributed by atoms with Crippen molar-refractivity contribution in [3.8, 4) is 0 Å². The number of carbonyl (C=O) groups is 2. The molecule has 3 amide bonds. The monoisotopic (exact) mass is 246 g/mol. The Morgan fingerprint density at radius 1 is 1.69 bits per heavy atom. The normalized spacial score (nSPS) is 37.1. The van der Waals surface area contributed by atoms with Crippen LogP contribution in [-0.4, -0.2) is 40.8 Å². The van der Waals surface area contributed by atoms with Gasteiger partial charge < -0.3 is 10.6 Å². The highest BCUT2D eigenvalue weighted by atomic mass is 79.9. The molecule has 2 aliphatic rings. The number of hydrogen-bond acceptors (Lipinski definition) is 4. The topological polar surface area (TPSA) is 73.8 Å². The van der Waals surface area contributed by atoms with E-state index in [0.29, 0.717) is 0 Å². The molecule has 1 saturated heterocycles. The van der Waals surface area contributed by atoms with E-state index in [0.717, 1.165) is 4.90 Å². The van der Waals surface area contributed by atoms with Gasteiger partial charge >= 0.3 is 6.03 Å². The number of aliphatic imine (C=N–C) groups is 1. The summed E-state index contributed by atoms with van der Waals surface area (Å²) in [6.07, 6.45) is 0.834. The van der Waals surface area contributed by atoms with E-state index >= 15 is 0 Å². The van der Waals surface area contributed by atoms with Crippen LogP contribution in [0.1, 0.15) is 0 Å². The van der Waals surface area contributed by atoms with Gasteiger partial charge in [-0.3, -0.25) is 9.69 Å².